The molecule has 0 aliphatic carbocycles. The third-order valence-corrected chi connectivity index (χ3v) is 4.15. The summed E-state index contributed by atoms with van der Waals surface area (Å²) in [6.07, 6.45) is 4.32. The molecule has 2 aromatic carbocycles. The molecule has 0 saturated heterocycles. The summed E-state index contributed by atoms with van der Waals surface area (Å²) in [7, 11) is 0. The number of hydrogen-bond donors (Lipinski definition) is 3. The molecule has 7 nitrogen and oxygen atoms in total. The zero-order valence-electron chi connectivity index (χ0n) is 16.4. The second-order valence-corrected chi connectivity index (χ2v) is 6.44. The molecule has 0 bridgehead atoms. The Morgan fingerprint density at radius 3 is 2.19 bits per heavy atom. The fourth-order valence-electron chi connectivity index (χ4n) is 2.58. The van der Waals surface area contributed by atoms with E-state index in [-0.39, 0.29) is 42.4 Å². The summed E-state index contributed by atoms with van der Waals surface area (Å²) < 4.78 is 17.9. The van der Waals surface area contributed by atoms with E-state index in [0.29, 0.717) is 16.8 Å². The lowest BCUT2D eigenvalue weighted by Crippen LogP contribution is -2.34. The van der Waals surface area contributed by atoms with Crippen LogP contribution in [0.2, 0.25) is 0 Å². The zero-order chi connectivity index (χ0) is 22.1. The van der Waals surface area contributed by atoms with Crippen LogP contribution in [-0.2, 0) is 4.79 Å². The average Bonchev–Trinajstić information content (AvgIpc) is 3.32. The SMILES string of the molecule is O=C(/C=C/c1ccc(F)cc1)Nc1ccc(C(=O)NCCNC(=O)c2ccco2)cc1. The van der Waals surface area contributed by atoms with Crippen molar-refractivity contribution in [2.24, 2.45) is 0 Å². The van der Waals surface area contributed by atoms with Gasteiger partial charge in [0.2, 0.25) is 5.91 Å². The van der Waals surface area contributed by atoms with Gasteiger partial charge in [0, 0.05) is 30.4 Å². The fourth-order valence-corrected chi connectivity index (χ4v) is 2.58. The number of hydrogen-bond acceptors (Lipinski definition) is 4. The van der Waals surface area contributed by atoms with Crippen LogP contribution in [0.4, 0.5) is 10.1 Å². The van der Waals surface area contributed by atoms with Crippen molar-refractivity contribution in [2.45, 2.75) is 0 Å². The van der Waals surface area contributed by atoms with Crippen LogP contribution < -0.4 is 16.0 Å². The van der Waals surface area contributed by atoms with Gasteiger partial charge in [0.15, 0.2) is 5.76 Å². The molecule has 1 heterocycles. The van der Waals surface area contributed by atoms with Crippen LogP contribution in [0.5, 0.6) is 0 Å². The van der Waals surface area contributed by atoms with Gasteiger partial charge in [0.05, 0.1) is 6.26 Å². The zero-order valence-corrected chi connectivity index (χ0v) is 16.4. The van der Waals surface area contributed by atoms with E-state index in [9.17, 15) is 18.8 Å². The minimum absolute atomic E-state index is 0.205. The van der Waals surface area contributed by atoms with Gasteiger partial charge in [-0.15, -0.1) is 0 Å². The van der Waals surface area contributed by atoms with Gasteiger partial charge in [-0.25, -0.2) is 4.39 Å². The summed E-state index contributed by atoms with van der Waals surface area (Å²) in [6.45, 7) is 0.498. The summed E-state index contributed by atoms with van der Waals surface area (Å²) >= 11 is 0. The monoisotopic (exact) mass is 421 g/mol. The molecule has 0 radical (unpaired) electrons. The van der Waals surface area contributed by atoms with E-state index in [1.807, 2.05) is 0 Å². The lowest BCUT2D eigenvalue weighted by Gasteiger charge is -2.07. The van der Waals surface area contributed by atoms with Gasteiger partial charge < -0.3 is 20.4 Å². The maximum atomic E-state index is 12.9. The van der Waals surface area contributed by atoms with Gasteiger partial charge in [-0.1, -0.05) is 12.1 Å². The maximum absolute atomic E-state index is 12.9. The summed E-state index contributed by atoms with van der Waals surface area (Å²) in [5.41, 5.74) is 1.64. The van der Waals surface area contributed by atoms with Crippen molar-refractivity contribution in [3.63, 3.8) is 0 Å². The molecule has 3 aromatic rings. The van der Waals surface area contributed by atoms with Crippen LogP contribution in [-0.4, -0.2) is 30.8 Å². The second kappa shape index (κ2) is 10.5. The van der Waals surface area contributed by atoms with Crippen LogP contribution in [0, 0.1) is 5.82 Å². The van der Waals surface area contributed by atoms with E-state index in [0.717, 1.165) is 0 Å². The Labute approximate surface area is 178 Å². The van der Waals surface area contributed by atoms with Crippen molar-refractivity contribution in [2.75, 3.05) is 18.4 Å². The van der Waals surface area contributed by atoms with Gasteiger partial charge in [-0.05, 0) is 60.2 Å². The largest absolute Gasteiger partial charge is 0.459 e. The highest BCUT2D eigenvalue weighted by Gasteiger charge is 2.08. The van der Waals surface area contributed by atoms with Gasteiger partial charge in [-0.2, -0.15) is 0 Å². The van der Waals surface area contributed by atoms with Crippen LogP contribution in [0.1, 0.15) is 26.5 Å². The molecule has 3 rings (SSSR count). The number of benzene rings is 2. The summed E-state index contributed by atoms with van der Waals surface area (Å²) in [5, 5.41) is 8.00. The smallest absolute Gasteiger partial charge is 0.287 e. The first-order valence-electron chi connectivity index (χ1n) is 9.46. The maximum Gasteiger partial charge on any atom is 0.287 e. The summed E-state index contributed by atoms with van der Waals surface area (Å²) in [4.78, 5) is 35.9. The van der Waals surface area contributed by atoms with E-state index < -0.39 is 0 Å². The number of rotatable bonds is 8. The van der Waals surface area contributed by atoms with Crippen LogP contribution in [0.25, 0.3) is 6.08 Å². The normalized spacial score (nSPS) is 10.6. The molecule has 0 fully saturated rings. The molecule has 8 heteroatoms. The number of anilines is 1. The van der Waals surface area contributed by atoms with Crippen molar-refractivity contribution in [1.29, 1.82) is 0 Å². The molecule has 3 N–H and O–H groups in total. The van der Waals surface area contributed by atoms with E-state index in [2.05, 4.69) is 16.0 Å². The minimum atomic E-state index is -0.354. The van der Waals surface area contributed by atoms with Gasteiger partial charge in [-0.3, -0.25) is 14.4 Å². The lowest BCUT2D eigenvalue weighted by molar-refractivity contribution is -0.111. The van der Waals surface area contributed by atoms with Crippen molar-refractivity contribution < 1.29 is 23.2 Å². The topological polar surface area (TPSA) is 100 Å². The first kappa shape index (κ1) is 21.5. The molecular weight excluding hydrogens is 401 g/mol. The highest BCUT2D eigenvalue weighted by atomic mass is 19.1. The minimum Gasteiger partial charge on any atom is -0.459 e. The molecule has 0 aliphatic rings. The molecule has 31 heavy (non-hydrogen) atoms. The Morgan fingerprint density at radius 1 is 0.871 bits per heavy atom. The van der Waals surface area contributed by atoms with Crippen LogP contribution in [0.15, 0.2) is 77.4 Å². The van der Waals surface area contributed by atoms with Crippen molar-refractivity contribution in [1.82, 2.24) is 10.6 Å². The molecule has 0 atom stereocenters. The second-order valence-electron chi connectivity index (χ2n) is 6.44. The van der Waals surface area contributed by atoms with Crippen LogP contribution >= 0.6 is 0 Å². The summed E-state index contributed by atoms with van der Waals surface area (Å²) in [5.74, 6) is -1.15. The molecule has 0 aliphatic heterocycles. The Morgan fingerprint density at radius 2 is 1.55 bits per heavy atom. The van der Waals surface area contributed by atoms with Gasteiger partial charge in [0.25, 0.3) is 11.8 Å². The molecular formula is C23H20FN3O4. The van der Waals surface area contributed by atoms with Crippen LogP contribution in [0.3, 0.4) is 0 Å². The van der Waals surface area contributed by atoms with Crippen molar-refractivity contribution >= 4 is 29.5 Å². The Bertz CT molecular complexity index is 1060. The number of nitrogens with one attached hydrogen (secondary N) is 3. The van der Waals surface area contributed by atoms with E-state index >= 15 is 0 Å². The van der Waals surface area contributed by atoms with E-state index in [4.69, 9.17) is 4.42 Å². The number of carbonyl (C=O) groups is 3. The summed E-state index contributed by atoms with van der Waals surface area (Å²) in [6, 6.07) is 15.3. The number of amides is 3. The van der Waals surface area contributed by atoms with Gasteiger partial charge >= 0.3 is 0 Å². The third-order valence-electron chi connectivity index (χ3n) is 4.15. The molecule has 0 spiro atoms. The third kappa shape index (κ3) is 6.67. The highest BCUT2D eigenvalue weighted by molar-refractivity contribution is 6.02. The molecule has 1 aromatic heterocycles. The fraction of sp³-hybridized carbons (Fsp3) is 0.0870. The molecule has 0 saturated carbocycles. The predicted molar refractivity (Wildman–Crippen MR) is 114 cm³/mol. The van der Waals surface area contributed by atoms with E-state index in [1.54, 1.807) is 54.6 Å². The molecule has 0 unspecified atom stereocenters. The van der Waals surface area contributed by atoms with Gasteiger partial charge in [0.1, 0.15) is 5.82 Å². The Balaban J connectivity index is 1.42. The first-order valence-corrected chi connectivity index (χ1v) is 9.46. The standard InChI is InChI=1S/C23H20FN3O4/c24-18-8-3-16(4-9-18)5-12-21(28)27-19-10-6-17(7-11-19)22(29)25-13-14-26-23(30)20-2-1-15-31-20/h1-12,15H,13-14H2,(H,25,29)(H,26,30)(H,27,28)/b12-5+. The lowest BCUT2D eigenvalue weighted by atomic mass is 10.2. The molecule has 3 amide bonds. The number of carbonyl (C=O) groups excluding carboxylic acids is 3. The van der Waals surface area contributed by atoms with E-state index in [1.165, 1.54) is 24.5 Å². The average molecular weight is 421 g/mol. The Hall–Kier alpha value is -4.20. The number of furan rings is 1. The first-order chi connectivity index (χ1) is 15.0. The van der Waals surface area contributed by atoms with Crippen molar-refractivity contribution in [3.8, 4) is 0 Å². The predicted octanol–water partition coefficient (Wildman–Crippen LogP) is 3.23. The molecule has 158 valence electrons. The Kier molecular flexibility index (Phi) is 7.31. The quantitative estimate of drug-likeness (QED) is 0.384. The number of halogens is 1. The highest BCUT2D eigenvalue weighted by Crippen LogP contribution is 2.10. The van der Waals surface area contributed by atoms with Crippen molar-refractivity contribution in [3.05, 3.63) is 95.7 Å².